The van der Waals surface area contributed by atoms with E-state index in [2.05, 4.69) is 38.1 Å². The molecule has 2 rings (SSSR count). The molecule has 1 aromatic carbocycles. The smallest absolute Gasteiger partial charge is 0.123 e. The Morgan fingerprint density at radius 3 is 2.33 bits per heavy atom. The molecule has 1 heterocycles. The minimum Gasteiger partial charge on any atom is -0.308 e. The largest absolute Gasteiger partial charge is 0.308 e. The van der Waals surface area contributed by atoms with Crippen LogP contribution in [0.5, 0.6) is 0 Å². The average Bonchev–Trinajstić information content (AvgIpc) is 2.64. The molecule has 0 aliphatic carbocycles. The van der Waals surface area contributed by atoms with Crippen LogP contribution in [0.1, 0.15) is 43.3 Å². The van der Waals surface area contributed by atoms with Gasteiger partial charge in [-0.1, -0.05) is 12.1 Å². The second-order valence-electron chi connectivity index (χ2n) is 6.54. The summed E-state index contributed by atoms with van der Waals surface area (Å²) in [6, 6.07) is 6.59. The number of nitrogens with one attached hydrogen (secondary N) is 1. The highest BCUT2D eigenvalue weighted by molar-refractivity contribution is 5.26. The molecular weight excluding hydrogens is 265 g/mol. The number of halogens is 1. The summed E-state index contributed by atoms with van der Waals surface area (Å²) in [5.41, 5.74) is 4.59. The Hall–Kier alpha value is -1.68. The second kappa shape index (κ2) is 5.98. The summed E-state index contributed by atoms with van der Waals surface area (Å²) < 4.78 is 14.9. The Balaban J connectivity index is 2.16. The van der Waals surface area contributed by atoms with Gasteiger partial charge in [0.05, 0.1) is 12.2 Å². The lowest BCUT2D eigenvalue weighted by atomic mass is 10.1. The van der Waals surface area contributed by atoms with Gasteiger partial charge in [-0.05, 0) is 52.3 Å². The highest BCUT2D eigenvalue weighted by Crippen LogP contribution is 2.16. The van der Waals surface area contributed by atoms with Crippen molar-refractivity contribution in [2.75, 3.05) is 0 Å². The first-order valence-electron chi connectivity index (χ1n) is 7.28. The molecule has 4 heteroatoms. The summed E-state index contributed by atoms with van der Waals surface area (Å²) in [4.78, 5) is 0. The SMILES string of the molecule is Cc1nn(Cc2ccc(F)cc2)c(C)c1CNC(C)(C)C. The van der Waals surface area contributed by atoms with Crippen LogP contribution in [0.25, 0.3) is 0 Å². The minimum absolute atomic E-state index is 0.0813. The van der Waals surface area contributed by atoms with Gasteiger partial charge in [0.15, 0.2) is 0 Å². The van der Waals surface area contributed by atoms with E-state index in [1.165, 1.54) is 17.7 Å². The molecule has 0 aliphatic rings. The van der Waals surface area contributed by atoms with E-state index >= 15 is 0 Å². The molecule has 21 heavy (non-hydrogen) atoms. The molecular formula is C17H24FN3. The van der Waals surface area contributed by atoms with Crippen molar-refractivity contribution in [3.8, 4) is 0 Å². The van der Waals surface area contributed by atoms with Crippen LogP contribution < -0.4 is 5.32 Å². The molecule has 0 saturated heterocycles. The van der Waals surface area contributed by atoms with E-state index in [0.29, 0.717) is 6.54 Å². The molecule has 0 atom stereocenters. The minimum atomic E-state index is -0.206. The number of nitrogens with zero attached hydrogens (tertiary/aromatic N) is 2. The van der Waals surface area contributed by atoms with Crippen LogP contribution >= 0.6 is 0 Å². The zero-order valence-corrected chi connectivity index (χ0v) is 13.5. The third-order valence-corrected chi connectivity index (χ3v) is 3.57. The van der Waals surface area contributed by atoms with Crippen LogP contribution in [0, 0.1) is 19.7 Å². The third kappa shape index (κ3) is 4.14. The number of aryl methyl sites for hydroxylation is 1. The van der Waals surface area contributed by atoms with E-state index in [1.54, 1.807) is 12.1 Å². The van der Waals surface area contributed by atoms with Gasteiger partial charge in [0, 0.05) is 23.3 Å². The van der Waals surface area contributed by atoms with Crippen molar-refractivity contribution < 1.29 is 4.39 Å². The molecule has 0 aliphatic heterocycles. The average molecular weight is 289 g/mol. The van der Waals surface area contributed by atoms with Crippen molar-refractivity contribution in [1.29, 1.82) is 0 Å². The molecule has 0 bridgehead atoms. The summed E-state index contributed by atoms with van der Waals surface area (Å²) in [5, 5.41) is 8.11. The van der Waals surface area contributed by atoms with E-state index in [1.807, 2.05) is 11.6 Å². The second-order valence-corrected chi connectivity index (χ2v) is 6.54. The van der Waals surface area contributed by atoms with Crippen LogP contribution in [-0.2, 0) is 13.1 Å². The van der Waals surface area contributed by atoms with Crippen molar-refractivity contribution in [1.82, 2.24) is 15.1 Å². The normalized spacial score (nSPS) is 11.9. The van der Waals surface area contributed by atoms with Gasteiger partial charge < -0.3 is 5.32 Å². The monoisotopic (exact) mass is 289 g/mol. The Morgan fingerprint density at radius 1 is 1.14 bits per heavy atom. The molecule has 0 spiro atoms. The predicted molar refractivity (Wildman–Crippen MR) is 83.8 cm³/mol. The molecule has 1 N–H and O–H groups in total. The zero-order chi connectivity index (χ0) is 15.6. The van der Waals surface area contributed by atoms with Gasteiger partial charge in [-0.15, -0.1) is 0 Å². The lowest BCUT2D eigenvalue weighted by molar-refractivity contribution is 0.423. The number of hydrogen-bond acceptors (Lipinski definition) is 2. The molecule has 114 valence electrons. The van der Waals surface area contributed by atoms with E-state index in [0.717, 1.165) is 23.5 Å². The van der Waals surface area contributed by atoms with Crippen molar-refractivity contribution in [2.24, 2.45) is 0 Å². The van der Waals surface area contributed by atoms with Crippen LogP contribution in [-0.4, -0.2) is 15.3 Å². The van der Waals surface area contributed by atoms with Crippen molar-refractivity contribution >= 4 is 0 Å². The Labute approximate surface area is 126 Å². The van der Waals surface area contributed by atoms with Crippen molar-refractivity contribution in [3.63, 3.8) is 0 Å². The summed E-state index contributed by atoms with van der Waals surface area (Å²) >= 11 is 0. The maximum atomic E-state index is 13.0. The van der Waals surface area contributed by atoms with Crippen LogP contribution in [0.4, 0.5) is 4.39 Å². The zero-order valence-electron chi connectivity index (χ0n) is 13.5. The van der Waals surface area contributed by atoms with Gasteiger partial charge >= 0.3 is 0 Å². The molecule has 1 aromatic heterocycles. The van der Waals surface area contributed by atoms with E-state index < -0.39 is 0 Å². The van der Waals surface area contributed by atoms with Crippen LogP contribution in [0.3, 0.4) is 0 Å². The maximum absolute atomic E-state index is 13.0. The van der Waals surface area contributed by atoms with E-state index in [4.69, 9.17) is 0 Å². The molecule has 0 unspecified atom stereocenters. The topological polar surface area (TPSA) is 29.9 Å². The first-order valence-corrected chi connectivity index (χ1v) is 7.28. The standard InChI is InChI=1S/C17H24FN3/c1-12-16(10-19-17(3,4)5)13(2)21(20-12)11-14-6-8-15(18)9-7-14/h6-9,19H,10-11H2,1-5H3. The highest BCUT2D eigenvalue weighted by atomic mass is 19.1. The van der Waals surface area contributed by atoms with E-state index in [-0.39, 0.29) is 11.4 Å². The highest BCUT2D eigenvalue weighted by Gasteiger charge is 2.15. The van der Waals surface area contributed by atoms with Gasteiger partial charge in [0.2, 0.25) is 0 Å². The number of aromatic nitrogens is 2. The van der Waals surface area contributed by atoms with Crippen molar-refractivity contribution in [2.45, 2.75) is 53.2 Å². The molecule has 0 radical (unpaired) electrons. The van der Waals surface area contributed by atoms with Crippen LogP contribution in [0.15, 0.2) is 24.3 Å². The van der Waals surface area contributed by atoms with Crippen molar-refractivity contribution in [3.05, 3.63) is 52.6 Å². The van der Waals surface area contributed by atoms with Gasteiger partial charge in [-0.3, -0.25) is 4.68 Å². The fraction of sp³-hybridized carbons (Fsp3) is 0.471. The first kappa shape index (κ1) is 15.7. The fourth-order valence-electron chi connectivity index (χ4n) is 2.26. The lowest BCUT2D eigenvalue weighted by Crippen LogP contribution is -2.35. The van der Waals surface area contributed by atoms with Crippen LogP contribution in [0.2, 0.25) is 0 Å². The van der Waals surface area contributed by atoms with Gasteiger partial charge in [-0.25, -0.2) is 4.39 Å². The Kier molecular flexibility index (Phi) is 4.47. The third-order valence-electron chi connectivity index (χ3n) is 3.57. The van der Waals surface area contributed by atoms with Gasteiger partial charge in [-0.2, -0.15) is 5.10 Å². The molecule has 0 saturated carbocycles. The number of rotatable bonds is 4. The molecule has 2 aromatic rings. The summed E-state index contributed by atoms with van der Waals surface area (Å²) in [7, 11) is 0. The predicted octanol–water partition coefficient (Wildman–Crippen LogP) is 3.58. The summed E-state index contributed by atoms with van der Waals surface area (Å²) in [6.07, 6.45) is 0. The Morgan fingerprint density at radius 2 is 1.76 bits per heavy atom. The molecule has 3 nitrogen and oxygen atoms in total. The van der Waals surface area contributed by atoms with E-state index in [9.17, 15) is 4.39 Å². The summed E-state index contributed by atoms with van der Waals surface area (Å²) in [5.74, 6) is -0.206. The fourth-order valence-corrected chi connectivity index (χ4v) is 2.26. The number of benzene rings is 1. The molecule has 0 fully saturated rings. The Bertz CT molecular complexity index is 606. The lowest BCUT2D eigenvalue weighted by Gasteiger charge is -2.20. The quantitative estimate of drug-likeness (QED) is 0.932. The maximum Gasteiger partial charge on any atom is 0.123 e. The van der Waals surface area contributed by atoms with Gasteiger partial charge in [0.1, 0.15) is 5.82 Å². The first-order chi connectivity index (χ1) is 9.76. The molecule has 0 amide bonds. The number of hydrogen-bond donors (Lipinski definition) is 1. The van der Waals surface area contributed by atoms with Gasteiger partial charge in [0.25, 0.3) is 0 Å². The summed E-state index contributed by atoms with van der Waals surface area (Å²) in [6.45, 7) is 12.1.